The van der Waals surface area contributed by atoms with Gasteiger partial charge in [-0.1, -0.05) is 0 Å². The fourth-order valence-corrected chi connectivity index (χ4v) is 1.34. The van der Waals surface area contributed by atoms with Crippen LogP contribution in [0.2, 0.25) is 0 Å². The molecule has 0 spiro atoms. The van der Waals surface area contributed by atoms with E-state index in [1.165, 1.54) is 14.0 Å². The highest BCUT2D eigenvalue weighted by Gasteiger charge is 2.20. The Labute approximate surface area is 97.6 Å². The molecule has 0 atom stereocenters. The van der Waals surface area contributed by atoms with Crippen molar-refractivity contribution in [1.82, 2.24) is 4.98 Å². The second-order valence-electron chi connectivity index (χ2n) is 3.25. The number of nitrogens with zero attached hydrogens (tertiary/aromatic N) is 1. The lowest BCUT2D eigenvalue weighted by atomic mass is 10.1. The van der Waals surface area contributed by atoms with Crippen LogP contribution in [-0.4, -0.2) is 24.7 Å². The first-order valence-corrected chi connectivity index (χ1v) is 5.02. The molecule has 17 heavy (non-hydrogen) atoms. The number of pyridine rings is 1. The fraction of sp³-hybridized carbons (Fsp3) is 0.455. The molecule has 0 saturated heterocycles. The highest BCUT2D eigenvalue weighted by Crippen LogP contribution is 2.28. The Hall–Kier alpha value is -1.72. The van der Waals surface area contributed by atoms with Gasteiger partial charge in [-0.05, 0) is 19.9 Å². The first-order valence-electron chi connectivity index (χ1n) is 5.02. The zero-order valence-corrected chi connectivity index (χ0v) is 9.79. The van der Waals surface area contributed by atoms with Gasteiger partial charge in [-0.3, -0.25) is 0 Å². The molecular weight excluding hydrogens is 232 g/mol. The number of alkyl halides is 2. The quantitative estimate of drug-likeness (QED) is 0.765. The molecule has 0 aliphatic rings. The van der Waals surface area contributed by atoms with Gasteiger partial charge >= 0.3 is 5.97 Å². The number of esters is 1. The minimum absolute atomic E-state index is 0.00542. The van der Waals surface area contributed by atoms with Gasteiger partial charge in [-0.25, -0.2) is 18.6 Å². The van der Waals surface area contributed by atoms with Crippen molar-refractivity contribution in [3.8, 4) is 5.88 Å². The van der Waals surface area contributed by atoms with Crippen LogP contribution < -0.4 is 4.74 Å². The van der Waals surface area contributed by atoms with E-state index < -0.39 is 12.4 Å². The molecular formula is C11H13F2NO3. The number of ether oxygens (including phenoxy) is 2. The van der Waals surface area contributed by atoms with Gasteiger partial charge in [0.25, 0.3) is 6.43 Å². The lowest BCUT2D eigenvalue weighted by Gasteiger charge is -2.11. The standard InChI is InChI=1S/C11H13F2NO3/c1-4-17-11(15)8-5-7(9(12)13)6(2)10(14-8)16-3/h5,9H,4H2,1-3H3. The molecule has 0 saturated carbocycles. The molecule has 0 aromatic carbocycles. The smallest absolute Gasteiger partial charge is 0.357 e. The van der Waals surface area contributed by atoms with Gasteiger partial charge in [0.2, 0.25) is 5.88 Å². The van der Waals surface area contributed by atoms with Gasteiger partial charge in [-0.15, -0.1) is 0 Å². The van der Waals surface area contributed by atoms with E-state index in [0.29, 0.717) is 0 Å². The van der Waals surface area contributed by atoms with Gasteiger partial charge < -0.3 is 9.47 Å². The van der Waals surface area contributed by atoms with Gasteiger partial charge in [0.15, 0.2) is 5.69 Å². The number of rotatable bonds is 4. The number of hydrogen-bond donors (Lipinski definition) is 0. The number of carbonyl (C=O) groups excluding carboxylic acids is 1. The van der Waals surface area contributed by atoms with E-state index in [0.717, 1.165) is 6.07 Å². The third-order valence-electron chi connectivity index (χ3n) is 2.18. The molecule has 0 N–H and O–H groups in total. The van der Waals surface area contributed by atoms with Crippen LogP contribution in [0.5, 0.6) is 5.88 Å². The van der Waals surface area contributed by atoms with Gasteiger partial charge in [0.05, 0.1) is 13.7 Å². The average molecular weight is 245 g/mol. The molecule has 1 aromatic heterocycles. The summed E-state index contributed by atoms with van der Waals surface area (Å²) in [6, 6.07) is 1.03. The lowest BCUT2D eigenvalue weighted by Crippen LogP contribution is -2.10. The number of halogens is 2. The number of aromatic nitrogens is 1. The summed E-state index contributed by atoms with van der Waals surface area (Å²) in [4.78, 5) is 15.2. The normalized spacial score (nSPS) is 10.5. The SMILES string of the molecule is CCOC(=O)c1cc(C(F)F)c(C)c(OC)n1. The Morgan fingerprint density at radius 2 is 2.18 bits per heavy atom. The van der Waals surface area contributed by atoms with Crippen LogP contribution in [0.25, 0.3) is 0 Å². The number of carbonyl (C=O) groups is 1. The van der Waals surface area contributed by atoms with Crippen molar-refractivity contribution in [3.05, 3.63) is 22.9 Å². The van der Waals surface area contributed by atoms with Crippen molar-refractivity contribution in [3.63, 3.8) is 0 Å². The summed E-state index contributed by atoms with van der Waals surface area (Å²) in [6.45, 7) is 3.24. The van der Waals surface area contributed by atoms with Crippen LogP contribution in [0.15, 0.2) is 6.07 Å². The molecule has 1 aromatic rings. The van der Waals surface area contributed by atoms with E-state index in [-0.39, 0.29) is 29.3 Å². The van der Waals surface area contributed by atoms with E-state index >= 15 is 0 Å². The van der Waals surface area contributed by atoms with Crippen LogP contribution in [0.4, 0.5) is 8.78 Å². The fourth-order valence-electron chi connectivity index (χ4n) is 1.34. The largest absolute Gasteiger partial charge is 0.481 e. The monoisotopic (exact) mass is 245 g/mol. The van der Waals surface area contributed by atoms with Crippen LogP contribution in [0.3, 0.4) is 0 Å². The van der Waals surface area contributed by atoms with Gasteiger partial charge in [0, 0.05) is 11.1 Å². The number of methoxy groups -OCH3 is 1. The summed E-state index contributed by atoms with van der Waals surface area (Å²) < 4.78 is 35.0. The first kappa shape index (κ1) is 13.3. The maximum Gasteiger partial charge on any atom is 0.357 e. The van der Waals surface area contributed by atoms with Crippen LogP contribution >= 0.6 is 0 Å². The highest BCUT2D eigenvalue weighted by molar-refractivity contribution is 5.87. The minimum Gasteiger partial charge on any atom is -0.481 e. The minimum atomic E-state index is -2.69. The van der Waals surface area contributed by atoms with E-state index in [4.69, 9.17) is 9.47 Å². The Morgan fingerprint density at radius 1 is 1.53 bits per heavy atom. The van der Waals surface area contributed by atoms with E-state index in [1.807, 2.05) is 0 Å². The van der Waals surface area contributed by atoms with Gasteiger partial charge in [-0.2, -0.15) is 0 Å². The van der Waals surface area contributed by atoms with Crippen molar-refractivity contribution in [1.29, 1.82) is 0 Å². The maximum absolute atomic E-state index is 12.7. The molecule has 0 aliphatic carbocycles. The maximum atomic E-state index is 12.7. The molecule has 0 fully saturated rings. The molecule has 94 valence electrons. The summed E-state index contributed by atoms with van der Waals surface area (Å²) in [5.74, 6) is -0.737. The molecule has 6 heteroatoms. The third-order valence-corrected chi connectivity index (χ3v) is 2.18. The van der Waals surface area contributed by atoms with Crippen molar-refractivity contribution >= 4 is 5.97 Å². The van der Waals surface area contributed by atoms with E-state index in [9.17, 15) is 13.6 Å². The second-order valence-corrected chi connectivity index (χ2v) is 3.25. The summed E-state index contributed by atoms with van der Waals surface area (Å²) in [7, 11) is 1.31. The van der Waals surface area contributed by atoms with Crippen molar-refractivity contribution in [2.45, 2.75) is 20.3 Å². The Kier molecular flexibility index (Phi) is 4.37. The lowest BCUT2D eigenvalue weighted by molar-refractivity contribution is 0.0518. The predicted molar refractivity (Wildman–Crippen MR) is 56.4 cm³/mol. The molecule has 0 bridgehead atoms. The zero-order chi connectivity index (χ0) is 13.0. The molecule has 0 radical (unpaired) electrons. The average Bonchev–Trinajstić information content (AvgIpc) is 2.29. The Balaban J connectivity index is 3.25. The molecule has 1 rings (SSSR count). The van der Waals surface area contributed by atoms with Crippen molar-refractivity contribution in [2.24, 2.45) is 0 Å². The zero-order valence-electron chi connectivity index (χ0n) is 9.79. The van der Waals surface area contributed by atoms with Crippen LogP contribution in [0.1, 0.15) is 35.0 Å². The second kappa shape index (κ2) is 5.56. The number of hydrogen-bond acceptors (Lipinski definition) is 4. The molecule has 1 heterocycles. The summed E-state index contributed by atoms with van der Waals surface area (Å²) in [5, 5.41) is 0. The van der Waals surface area contributed by atoms with Crippen molar-refractivity contribution < 1.29 is 23.0 Å². The highest BCUT2D eigenvalue weighted by atomic mass is 19.3. The summed E-state index contributed by atoms with van der Waals surface area (Å²) >= 11 is 0. The molecule has 0 aliphatic heterocycles. The Morgan fingerprint density at radius 3 is 2.65 bits per heavy atom. The topological polar surface area (TPSA) is 48.4 Å². The van der Waals surface area contributed by atoms with Crippen LogP contribution in [-0.2, 0) is 4.74 Å². The summed E-state index contributed by atoms with van der Waals surface area (Å²) in [5.41, 5.74) is -0.236. The van der Waals surface area contributed by atoms with E-state index in [2.05, 4.69) is 4.98 Å². The molecule has 0 unspecified atom stereocenters. The van der Waals surface area contributed by atoms with Crippen molar-refractivity contribution in [2.75, 3.05) is 13.7 Å². The predicted octanol–water partition coefficient (Wildman–Crippen LogP) is 2.51. The Bertz CT molecular complexity index is 421. The first-order chi connectivity index (χ1) is 8.01. The third kappa shape index (κ3) is 2.89. The molecule has 4 nitrogen and oxygen atoms in total. The van der Waals surface area contributed by atoms with Gasteiger partial charge in [0.1, 0.15) is 0 Å². The van der Waals surface area contributed by atoms with Crippen LogP contribution in [0, 0.1) is 6.92 Å². The van der Waals surface area contributed by atoms with E-state index in [1.54, 1.807) is 6.92 Å². The summed E-state index contributed by atoms with van der Waals surface area (Å²) in [6.07, 6.45) is -2.69. The molecule has 0 amide bonds.